The minimum Gasteiger partial charge on any atom is -0.476 e. The van der Waals surface area contributed by atoms with Gasteiger partial charge in [0.15, 0.2) is 6.10 Å². The Morgan fingerprint density at radius 1 is 1.36 bits per heavy atom. The van der Waals surface area contributed by atoms with E-state index < -0.39 is 16.1 Å². The Morgan fingerprint density at radius 3 is 2.72 bits per heavy atom. The van der Waals surface area contributed by atoms with E-state index in [0.717, 1.165) is 31.9 Å². The number of nitrogens with one attached hydrogen (secondary N) is 1. The zero-order valence-electron chi connectivity index (χ0n) is 15.2. The van der Waals surface area contributed by atoms with E-state index in [4.69, 9.17) is 4.74 Å². The molecule has 0 fully saturated rings. The summed E-state index contributed by atoms with van der Waals surface area (Å²) < 4.78 is 31.2. The van der Waals surface area contributed by atoms with E-state index in [0.29, 0.717) is 23.9 Å². The second-order valence-corrected chi connectivity index (χ2v) is 8.44. The van der Waals surface area contributed by atoms with Crippen LogP contribution in [-0.2, 0) is 14.8 Å². The van der Waals surface area contributed by atoms with Gasteiger partial charge in [-0.25, -0.2) is 8.42 Å². The maximum Gasteiger partial charge on any atom is 0.263 e. The van der Waals surface area contributed by atoms with Crippen LogP contribution in [0.4, 0.5) is 5.69 Å². The summed E-state index contributed by atoms with van der Waals surface area (Å²) in [6.45, 7) is 4.85. The molecule has 0 saturated heterocycles. The van der Waals surface area contributed by atoms with Crippen LogP contribution in [0.2, 0.25) is 0 Å². The SMILES string of the molecule is CCCC[C@@H](CC)CNC(=O)[C@@H]1CN(S(C)(=O)=O)c2ccccc2O1. The summed E-state index contributed by atoms with van der Waals surface area (Å²) in [5.41, 5.74) is 0.475. The van der Waals surface area contributed by atoms with Crippen molar-refractivity contribution in [3.63, 3.8) is 0 Å². The first-order valence-corrected chi connectivity index (χ1v) is 10.7. The number of hydrogen-bond donors (Lipinski definition) is 1. The topological polar surface area (TPSA) is 75.7 Å². The maximum absolute atomic E-state index is 12.5. The van der Waals surface area contributed by atoms with Gasteiger partial charge in [0.25, 0.3) is 5.91 Å². The number of para-hydroxylation sites is 2. The summed E-state index contributed by atoms with van der Waals surface area (Å²) >= 11 is 0. The molecule has 1 amide bonds. The van der Waals surface area contributed by atoms with Gasteiger partial charge in [-0.05, 0) is 24.5 Å². The first-order valence-electron chi connectivity index (χ1n) is 8.87. The third-order valence-electron chi connectivity index (χ3n) is 4.54. The zero-order valence-corrected chi connectivity index (χ0v) is 16.0. The van der Waals surface area contributed by atoms with Crippen LogP contribution < -0.4 is 14.4 Å². The van der Waals surface area contributed by atoms with Crippen molar-refractivity contribution in [2.24, 2.45) is 5.92 Å². The average Bonchev–Trinajstić information content (AvgIpc) is 2.59. The number of fused-ring (bicyclic) bond motifs is 1. The molecule has 1 aliphatic heterocycles. The van der Waals surface area contributed by atoms with Crippen LogP contribution in [0.25, 0.3) is 0 Å². The predicted octanol–water partition coefficient (Wildman–Crippen LogP) is 2.55. The van der Waals surface area contributed by atoms with Crippen molar-refractivity contribution in [3.05, 3.63) is 24.3 Å². The minimum atomic E-state index is -3.48. The van der Waals surface area contributed by atoms with E-state index in [1.54, 1.807) is 24.3 Å². The molecule has 7 heteroatoms. The molecular formula is C18H28N2O4S. The molecule has 25 heavy (non-hydrogen) atoms. The van der Waals surface area contributed by atoms with Crippen LogP contribution in [0, 0.1) is 5.92 Å². The van der Waals surface area contributed by atoms with E-state index in [1.165, 1.54) is 4.31 Å². The Balaban J connectivity index is 2.06. The lowest BCUT2D eigenvalue weighted by Crippen LogP contribution is -2.51. The number of benzene rings is 1. The summed E-state index contributed by atoms with van der Waals surface area (Å²) in [6.07, 6.45) is 4.66. The number of hydrogen-bond acceptors (Lipinski definition) is 4. The van der Waals surface area contributed by atoms with E-state index >= 15 is 0 Å². The molecule has 0 radical (unpaired) electrons. The second kappa shape index (κ2) is 8.56. The monoisotopic (exact) mass is 368 g/mol. The zero-order chi connectivity index (χ0) is 18.4. The lowest BCUT2D eigenvalue weighted by molar-refractivity contribution is -0.127. The Bertz CT molecular complexity index is 690. The van der Waals surface area contributed by atoms with Crippen LogP contribution in [0.1, 0.15) is 39.5 Å². The molecule has 2 atom stereocenters. The fourth-order valence-corrected chi connectivity index (χ4v) is 3.87. The molecule has 1 heterocycles. The molecule has 1 aliphatic rings. The number of ether oxygens (including phenoxy) is 1. The van der Waals surface area contributed by atoms with Crippen molar-refractivity contribution in [2.45, 2.75) is 45.6 Å². The molecule has 0 unspecified atom stereocenters. The number of anilines is 1. The molecule has 140 valence electrons. The van der Waals surface area contributed by atoms with Crippen molar-refractivity contribution >= 4 is 21.6 Å². The number of nitrogens with zero attached hydrogens (tertiary/aromatic N) is 1. The Labute approximate surface area is 150 Å². The Morgan fingerprint density at radius 2 is 2.08 bits per heavy atom. The number of unbranched alkanes of at least 4 members (excludes halogenated alkanes) is 1. The van der Waals surface area contributed by atoms with Crippen LogP contribution in [0.15, 0.2) is 24.3 Å². The van der Waals surface area contributed by atoms with E-state index in [-0.39, 0.29) is 12.5 Å². The molecule has 2 rings (SSSR count). The van der Waals surface area contributed by atoms with Crippen LogP contribution in [0.3, 0.4) is 0 Å². The van der Waals surface area contributed by atoms with E-state index in [1.807, 2.05) is 0 Å². The number of carbonyl (C=O) groups is 1. The number of rotatable bonds is 8. The molecule has 0 aliphatic carbocycles. The third-order valence-corrected chi connectivity index (χ3v) is 5.68. The molecule has 1 N–H and O–H groups in total. The van der Waals surface area contributed by atoms with Crippen molar-refractivity contribution in [1.82, 2.24) is 5.32 Å². The van der Waals surface area contributed by atoms with E-state index in [2.05, 4.69) is 19.2 Å². The van der Waals surface area contributed by atoms with Crippen LogP contribution in [-0.4, -0.2) is 39.8 Å². The maximum atomic E-state index is 12.5. The molecule has 0 bridgehead atoms. The summed E-state index contributed by atoms with van der Waals surface area (Å²) in [7, 11) is -3.48. The largest absolute Gasteiger partial charge is 0.476 e. The molecule has 0 aromatic heterocycles. The highest BCUT2D eigenvalue weighted by Gasteiger charge is 2.34. The van der Waals surface area contributed by atoms with Gasteiger partial charge in [-0.3, -0.25) is 9.10 Å². The van der Waals surface area contributed by atoms with Gasteiger partial charge in [-0.2, -0.15) is 0 Å². The van der Waals surface area contributed by atoms with Crippen molar-refractivity contribution < 1.29 is 17.9 Å². The lowest BCUT2D eigenvalue weighted by atomic mass is 9.99. The number of amides is 1. The van der Waals surface area contributed by atoms with Gasteiger partial charge in [0.1, 0.15) is 5.75 Å². The number of sulfonamides is 1. The lowest BCUT2D eigenvalue weighted by Gasteiger charge is -2.34. The standard InChI is InChI=1S/C18H28N2O4S/c1-4-6-9-14(5-2)12-19-18(21)17-13-20(25(3,22)23)15-10-7-8-11-16(15)24-17/h7-8,10-11,14,17H,4-6,9,12-13H2,1-3H3,(H,19,21)/t14-,17+/m1/s1. The van der Waals surface area contributed by atoms with Gasteiger partial charge in [-0.1, -0.05) is 45.2 Å². The molecule has 1 aromatic carbocycles. The average molecular weight is 368 g/mol. The van der Waals surface area contributed by atoms with Gasteiger partial charge in [0.05, 0.1) is 18.5 Å². The predicted molar refractivity (Wildman–Crippen MR) is 99.4 cm³/mol. The van der Waals surface area contributed by atoms with Gasteiger partial charge in [0, 0.05) is 6.54 Å². The normalized spacial score (nSPS) is 18.2. The highest BCUT2D eigenvalue weighted by Crippen LogP contribution is 2.34. The number of carbonyl (C=O) groups excluding carboxylic acids is 1. The summed E-state index contributed by atoms with van der Waals surface area (Å²) in [5.74, 6) is 0.584. The Kier molecular flexibility index (Phi) is 6.70. The second-order valence-electron chi connectivity index (χ2n) is 6.53. The highest BCUT2D eigenvalue weighted by molar-refractivity contribution is 7.92. The first kappa shape index (κ1) is 19.6. The molecule has 1 aromatic rings. The fraction of sp³-hybridized carbons (Fsp3) is 0.611. The highest BCUT2D eigenvalue weighted by atomic mass is 32.2. The van der Waals surface area contributed by atoms with Gasteiger partial charge >= 0.3 is 0 Å². The quantitative estimate of drug-likeness (QED) is 0.765. The smallest absolute Gasteiger partial charge is 0.263 e. The summed E-state index contributed by atoms with van der Waals surface area (Å²) in [5, 5.41) is 2.93. The molecular weight excluding hydrogens is 340 g/mol. The minimum absolute atomic E-state index is 0.00652. The van der Waals surface area contributed by atoms with Crippen molar-refractivity contribution in [3.8, 4) is 5.75 Å². The summed E-state index contributed by atoms with van der Waals surface area (Å²) in [4.78, 5) is 12.5. The molecule has 0 spiro atoms. The van der Waals surface area contributed by atoms with Gasteiger partial charge < -0.3 is 10.1 Å². The van der Waals surface area contributed by atoms with E-state index in [9.17, 15) is 13.2 Å². The Hall–Kier alpha value is -1.76. The fourth-order valence-electron chi connectivity index (χ4n) is 2.95. The van der Waals surface area contributed by atoms with Crippen LogP contribution in [0.5, 0.6) is 5.75 Å². The van der Waals surface area contributed by atoms with Crippen molar-refractivity contribution in [2.75, 3.05) is 23.7 Å². The van der Waals surface area contributed by atoms with Crippen LogP contribution >= 0.6 is 0 Å². The summed E-state index contributed by atoms with van der Waals surface area (Å²) in [6, 6.07) is 6.88. The molecule has 6 nitrogen and oxygen atoms in total. The third kappa shape index (κ3) is 5.11. The van der Waals surface area contributed by atoms with Crippen molar-refractivity contribution in [1.29, 1.82) is 0 Å². The van der Waals surface area contributed by atoms with Gasteiger partial charge in [-0.15, -0.1) is 0 Å². The first-order chi connectivity index (χ1) is 11.9. The molecule has 0 saturated carbocycles. The van der Waals surface area contributed by atoms with Gasteiger partial charge in [0.2, 0.25) is 10.0 Å².